The molecule has 22 heavy (non-hydrogen) atoms. The molecule has 0 radical (unpaired) electrons. The molecule has 0 amide bonds. The lowest BCUT2D eigenvalue weighted by Crippen LogP contribution is -2.51. The summed E-state index contributed by atoms with van der Waals surface area (Å²) in [5, 5.41) is 0. The number of fused-ring (bicyclic) bond motifs is 6. The summed E-state index contributed by atoms with van der Waals surface area (Å²) < 4.78 is 0.683. The van der Waals surface area contributed by atoms with Crippen molar-refractivity contribution < 1.29 is 4.79 Å². The molecule has 0 aromatic carbocycles. The van der Waals surface area contributed by atoms with Gasteiger partial charge in [0, 0.05) is 16.9 Å². The van der Waals surface area contributed by atoms with E-state index in [1.807, 2.05) is 6.08 Å². The molecule has 0 bridgehead atoms. The molecule has 4 aliphatic carbocycles. The normalized spacial score (nSPS) is 56.2. The van der Waals surface area contributed by atoms with Gasteiger partial charge >= 0.3 is 0 Å². The Morgan fingerprint density at radius 3 is 2.59 bits per heavy atom. The van der Waals surface area contributed by atoms with Crippen LogP contribution in [0, 0.1) is 28.6 Å². The molecule has 3 saturated carbocycles. The minimum absolute atomic E-state index is 0.352. The van der Waals surface area contributed by atoms with E-state index in [4.69, 9.17) is 0 Å². The molecule has 1 spiro atoms. The van der Waals surface area contributed by atoms with Crippen LogP contribution in [0.3, 0.4) is 0 Å². The highest BCUT2D eigenvalue weighted by Gasteiger charge is 2.68. The van der Waals surface area contributed by atoms with E-state index >= 15 is 0 Å². The van der Waals surface area contributed by atoms with Gasteiger partial charge in [-0.25, -0.2) is 0 Å². The summed E-state index contributed by atoms with van der Waals surface area (Å²) >= 11 is 2.27. The first kappa shape index (κ1) is 14.1. The van der Waals surface area contributed by atoms with E-state index in [0.717, 1.165) is 30.6 Å². The molecule has 0 aromatic heterocycles. The molecule has 1 saturated heterocycles. The van der Waals surface area contributed by atoms with Gasteiger partial charge in [0.15, 0.2) is 5.78 Å². The van der Waals surface area contributed by atoms with Gasteiger partial charge in [-0.3, -0.25) is 4.79 Å². The van der Waals surface area contributed by atoms with Crippen molar-refractivity contribution in [3.05, 3.63) is 11.6 Å². The van der Waals surface area contributed by atoms with Crippen LogP contribution in [0.25, 0.3) is 0 Å². The van der Waals surface area contributed by atoms with Gasteiger partial charge in [0.2, 0.25) is 0 Å². The van der Waals surface area contributed by atoms with Crippen molar-refractivity contribution in [1.82, 2.24) is 0 Å². The van der Waals surface area contributed by atoms with Crippen molar-refractivity contribution in [1.29, 1.82) is 0 Å². The maximum Gasteiger partial charge on any atom is 0.155 e. The third-order valence-corrected chi connectivity index (χ3v) is 10.4. The van der Waals surface area contributed by atoms with E-state index in [1.165, 1.54) is 49.9 Å². The van der Waals surface area contributed by atoms with Gasteiger partial charge in [0.25, 0.3) is 0 Å². The smallest absolute Gasteiger partial charge is 0.155 e. The quantitative estimate of drug-likeness (QED) is 0.585. The lowest BCUT2D eigenvalue weighted by molar-refractivity contribution is -0.117. The number of carbonyl (C=O) groups excluding carboxylic acids is 1. The van der Waals surface area contributed by atoms with Crippen LogP contribution in [-0.4, -0.2) is 16.3 Å². The third-order valence-electron chi connectivity index (χ3n) is 8.74. The molecule has 2 heteroatoms. The third kappa shape index (κ3) is 1.56. The minimum Gasteiger partial charge on any atom is -0.295 e. The first-order chi connectivity index (χ1) is 10.5. The topological polar surface area (TPSA) is 17.1 Å². The van der Waals surface area contributed by atoms with Crippen LogP contribution in [0.5, 0.6) is 0 Å². The predicted molar refractivity (Wildman–Crippen MR) is 91.9 cm³/mol. The highest BCUT2D eigenvalue weighted by molar-refractivity contribution is 8.08. The largest absolute Gasteiger partial charge is 0.295 e. The number of thioether (sulfide) groups is 1. The summed E-state index contributed by atoms with van der Waals surface area (Å²) in [6.07, 6.45) is 12.4. The second kappa shape index (κ2) is 4.23. The second-order valence-electron chi connectivity index (χ2n) is 9.25. The van der Waals surface area contributed by atoms with E-state index in [9.17, 15) is 4.79 Å². The van der Waals surface area contributed by atoms with Crippen molar-refractivity contribution >= 4 is 17.5 Å². The second-order valence-corrected chi connectivity index (χ2v) is 10.6. The van der Waals surface area contributed by atoms with Gasteiger partial charge in [-0.2, -0.15) is 11.8 Å². The van der Waals surface area contributed by atoms with Crippen molar-refractivity contribution in [2.24, 2.45) is 28.6 Å². The maximum absolute atomic E-state index is 11.9. The highest BCUT2D eigenvalue weighted by Crippen LogP contribution is 2.75. The van der Waals surface area contributed by atoms with Crippen LogP contribution < -0.4 is 0 Å². The lowest BCUT2D eigenvalue weighted by Gasteiger charge is -2.58. The first-order valence-electron chi connectivity index (χ1n) is 9.36. The van der Waals surface area contributed by atoms with E-state index in [0.29, 0.717) is 21.4 Å². The van der Waals surface area contributed by atoms with E-state index in [-0.39, 0.29) is 0 Å². The Labute approximate surface area is 138 Å². The summed E-state index contributed by atoms with van der Waals surface area (Å²) in [7, 11) is 0. The standard InChI is InChI=1S/C20H28OS/c1-18-8-5-14(21)11-13(18)3-4-15-16(18)6-9-19(2)17(15)7-10-20(19)12-22-20/h11,15-17H,3-10,12H2,1-2H3/t15-,16+,17+,18-,19-,20-/m0/s1. The molecule has 0 unspecified atom stereocenters. The fourth-order valence-corrected chi connectivity index (χ4v) is 8.71. The first-order valence-corrected chi connectivity index (χ1v) is 10.3. The van der Waals surface area contributed by atoms with Crippen LogP contribution >= 0.6 is 11.8 Å². The summed E-state index contributed by atoms with van der Waals surface area (Å²) in [6, 6.07) is 0. The van der Waals surface area contributed by atoms with Gasteiger partial charge in [0.05, 0.1) is 0 Å². The number of ketones is 1. The number of rotatable bonds is 0. The Morgan fingerprint density at radius 1 is 1.05 bits per heavy atom. The molecule has 120 valence electrons. The molecule has 1 nitrogen and oxygen atoms in total. The Hall–Kier alpha value is -0.240. The Morgan fingerprint density at radius 2 is 1.82 bits per heavy atom. The fraction of sp³-hybridized carbons (Fsp3) is 0.850. The van der Waals surface area contributed by atoms with Gasteiger partial charge in [0.1, 0.15) is 0 Å². The van der Waals surface area contributed by atoms with Crippen molar-refractivity contribution in [2.75, 3.05) is 5.75 Å². The van der Waals surface area contributed by atoms with E-state index in [2.05, 4.69) is 25.6 Å². The summed E-state index contributed by atoms with van der Waals surface area (Å²) in [4.78, 5) is 11.9. The van der Waals surface area contributed by atoms with Gasteiger partial charge < -0.3 is 0 Å². The van der Waals surface area contributed by atoms with Crippen molar-refractivity contribution in [2.45, 2.75) is 70.0 Å². The van der Waals surface area contributed by atoms with Gasteiger partial charge in [-0.1, -0.05) is 19.4 Å². The molecule has 4 fully saturated rings. The molecule has 6 atom stereocenters. The molecule has 0 N–H and O–H groups in total. The Bertz CT molecular complexity index is 574. The van der Waals surface area contributed by atoms with Crippen LogP contribution in [0.1, 0.15) is 65.2 Å². The zero-order chi connectivity index (χ0) is 15.2. The van der Waals surface area contributed by atoms with E-state index < -0.39 is 0 Å². The fourth-order valence-electron chi connectivity index (χ4n) is 7.21. The van der Waals surface area contributed by atoms with Crippen LogP contribution in [0.15, 0.2) is 11.6 Å². The predicted octanol–water partition coefficient (Wildman–Crippen LogP) is 5.00. The average molecular weight is 317 g/mol. The zero-order valence-corrected chi connectivity index (χ0v) is 14.8. The molecule has 5 aliphatic rings. The molecule has 1 heterocycles. The van der Waals surface area contributed by atoms with Crippen molar-refractivity contribution in [3.63, 3.8) is 0 Å². The van der Waals surface area contributed by atoms with Gasteiger partial charge in [-0.05, 0) is 79.6 Å². The maximum atomic E-state index is 11.9. The zero-order valence-electron chi connectivity index (χ0n) is 14.0. The number of hydrogen-bond acceptors (Lipinski definition) is 2. The average Bonchev–Trinajstić information content (AvgIpc) is 3.22. The van der Waals surface area contributed by atoms with Crippen LogP contribution in [-0.2, 0) is 4.79 Å². The molecule has 1 aliphatic heterocycles. The van der Waals surface area contributed by atoms with Crippen LogP contribution in [0.2, 0.25) is 0 Å². The van der Waals surface area contributed by atoms with Crippen LogP contribution in [0.4, 0.5) is 0 Å². The SMILES string of the molecule is C[C@]12CCC(=O)C=C1CC[C@H]1[C@H]2CC[C@@]2(C)[C@@H]1CC[C@]21CS1. The highest BCUT2D eigenvalue weighted by atomic mass is 32.2. The van der Waals surface area contributed by atoms with E-state index in [1.54, 1.807) is 0 Å². The van der Waals surface area contributed by atoms with Crippen molar-refractivity contribution in [3.8, 4) is 0 Å². The monoisotopic (exact) mass is 316 g/mol. The number of hydrogen-bond donors (Lipinski definition) is 0. The number of allylic oxidation sites excluding steroid dienone is 1. The minimum atomic E-state index is 0.352. The van der Waals surface area contributed by atoms with Gasteiger partial charge in [-0.15, -0.1) is 0 Å². The Balaban J connectivity index is 1.51. The number of carbonyl (C=O) groups is 1. The lowest BCUT2D eigenvalue weighted by atomic mass is 9.47. The summed E-state index contributed by atoms with van der Waals surface area (Å²) in [5.74, 6) is 4.60. The summed E-state index contributed by atoms with van der Waals surface area (Å²) in [5.41, 5.74) is 2.49. The molecular formula is C20H28OS. The molecule has 0 aromatic rings. The Kier molecular flexibility index (Phi) is 2.72. The molecule has 5 rings (SSSR count). The molecular weight excluding hydrogens is 288 g/mol. The summed E-state index contributed by atoms with van der Waals surface area (Å²) in [6.45, 7) is 5.14.